The van der Waals surface area contributed by atoms with Gasteiger partial charge in [-0.15, -0.1) is 0 Å². The van der Waals surface area contributed by atoms with Crippen LogP contribution in [0.1, 0.15) is 64.0 Å². The number of rotatable bonds is 6. The molecule has 6 heteroatoms. The number of halogens is 1. The van der Waals surface area contributed by atoms with Crippen LogP contribution in [-0.2, 0) is 4.79 Å². The van der Waals surface area contributed by atoms with E-state index in [1.54, 1.807) is 12.1 Å². The maximum atomic E-state index is 13.2. The van der Waals surface area contributed by atoms with Crippen molar-refractivity contribution in [1.82, 2.24) is 10.6 Å². The van der Waals surface area contributed by atoms with Gasteiger partial charge < -0.3 is 10.6 Å². The zero-order valence-electron chi connectivity index (χ0n) is 17.4. The number of urea groups is 1. The Morgan fingerprint density at radius 3 is 2.14 bits per heavy atom. The molecule has 1 aromatic carbocycles. The molecule has 5 nitrogen and oxygen atoms in total. The molecular formula is C23H33FN3O2+. The standard InChI is InChI=1S/C23H32FN3O2/c1-14(2)21(18-3-5-19(24)6-4-18)25-13-20(28)26-22(29)27-23-10-15-7-16(11-23)9-17(8-15)12-23/h3-6,14-17,21,25H,7-13H2,1-2H3,(H2,26,27,28,29)/p+1/t15?,16?,17?,21-,23?/m1/s1. The highest BCUT2D eigenvalue weighted by Gasteiger charge is 2.51. The number of nitrogens with one attached hydrogen (secondary N) is 2. The van der Waals surface area contributed by atoms with Crippen LogP contribution in [0.3, 0.4) is 0 Å². The van der Waals surface area contributed by atoms with E-state index >= 15 is 0 Å². The highest BCUT2D eigenvalue weighted by atomic mass is 19.1. The van der Waals surface area contributed by atoms with E-state index in [4.69, 9.17) is 0 Å². The molecule has 0 unspecified atom stereocenters. The second-order valence-electron chi connectivity index (χ2n) is 9.96. The van der Waals surface area contributed by atoms with Crippen molar-refractivity contribution < 1.29 is 19.3 Å². The van der Waals surface area contributed by atoms with Gasteiger partial charge in [0.15, 0.2) is 6.54 Å². The summed E-state index contributed by atoms with van der Waals surface area (Å²) in [5.41, 5.74) is 0.879. The smallest absolute Gasteiger partial charge is 0.322 e. The average Bonchev–Trinajstić information content (AvgIpc) is 2.61. The van der Waals surface area contributed by atoms with Gasteiger partial charge >= 0.3 is 6.03 Å². The first kappa shape index (κ1) is 20.3. The summed E-state index contributed by atoms with van der Waals surface area (Å²) in [6, 6.07) is 6.08. The molecular weight excluding hydrogens is 369 g/mol. The minimum atomic E-state index is -0.353. The molecule has 0 saturated heterocycles. The van der Waals surface area contributed by atoms with E-state index in [0.717, 1.165) is 42.6 Å². The zero-order chi connectivity index (χ0) is 20.6. The van der Waals surface area contributed by atoms with Crippen LogP contribution in [0, 0.1) is 29.5 Å². The van der Waals surface area contributed by atoms with Crippen LogP contribution in [0.5, 0.6) is 0 Å². The number of benzene rings is 1. The number of hydrogen-bond donors (Lipinski definition) is 3. The molecule has 0 aliphatic heterocycles. The van der Waals surface area contributed by atoms with E-state index in [-0.39, 0.29) is 41.8 Å². The zero-order valence-corrected chi connectivity index (χ0v) is 17.4. The summed E-state index contributed by atoms with van der Waals surface area (Å²) in [4.78, 5) is 24.9. The van der Waals surface area contributed by atoms with Gasteiger partial charge in [0.1, 0.15) is 11.9 Å². The Morgan fingerprint density at radius 1 is 1.07 bits per heavy atom. The Labute approximate surface area is 172 Å². The van der Waals surface area contributed by atoms with Crippen LogP contribution in [0.15, 0.2) is 24.3 Å². The van der Waals surface area contributed by atoms with Crippen LogP contribution in [0.4, 0.5) is 9.18 Å². The number of hydrogen-bond acceptors (Lipinski definition) is 2. The number of carbonyl (C=O) groups excluding carboxylic acids is 2. The number of amides is 3. The molecule has 1 atom stereocenters. The van der Waals surface area contributed by atoms with Crippen LogP contribution in [0.25, 0.3) is 0 Å². The minimum Gasteiger partial charge on any atom is -0.332 e. The van der Waals surface area contributed by atoms with E-state index in [9.17, 15) is 14.0 Å². The molecule has 4 bridgehead atoms. The van der Waals surface area contributed by atoms with Crippen LogP contribution in [0.2, 0.25) is 0 Å². The summed E-state index contributed by atoms with van der Waals surface area (Å²) >= 11 is 0. The van der Waals surface area contributed by atoms with Crippen molar-refractivity contribution >= 4 is 11.9 Å². The maximum Gasteiger partial charge on any atom is 0.322 e. The number of imide groups is 1. The SMILES string of the molecule is CC(C)[C@@H]([NH2+]CC(=O)NC(=O)NC12CC3CC(CC(C3)C1)C2)c1ccc(F)cc1. The van der Waals surface area contributed by atoms with E-state index in [0.29, 0.717) is 0 Å². The van der Waals surface area contributed by atoms with Crippen molar-refractivity contribution in [1.29, 1.82) is 0 Å². The highest BCUT2D eigenvalue weighted by Crippen LogP contribution is 2.55. The fraction of sp³-hybridized carbons (Fsp3) is 0.652. The summed E-state index contributed by atoms with van der Waals surface area (Å²) in [5, 5.41) is 7.63. The molecule has 29 heavy (non-hydrogen) atoms. The Kier molecular flexibility index (Phi) is 5.65. The predicted molar refractivity (Wildman–Crippen MR) is 108 cm³/mol. The van der Waals surface area contributed by atoms with Crippen LogP contribution >= 0.6 is 0 Å². The van der Waals surface area contributed by atoms with Gasteiger partial charge in [0.25, 0.3) is 5.91 Å². The predicted octanol–water partition coefficient (Wildman–Crippen LogP) is 2.88. The molecule has 4 saturated carbocycles. The lowest BCUT2D eigenvalue weighted by Gasteiger charge is -2.56. The molecule has 4 N–H and O–H groups in total. The fourth-order valence-electron chi connectivity index (χ4n) is 6.43. The second kappa shape index (κ2) is 8.05. The lowest BCUT2D eigenvalue weighted by molar-refractivity contribution is -0.692. The third-order valence-electron chi connectivity index (χ3n) is 7.20. The van der Waals surface area contributed by atoms with Crippen molar-refractivity contribution in [3.05, 3.63) is 35.6 Å². The number of carbonyl (C=O) groups is 2. The average molecular weight is 403 g/mol. The molecule has 0 spiro atoms. The topological polar surface area (TPSA) is 74.8 Å². The van der Waals surface area contributed by atoms with Gasteiger partial charge in [-0.25, -0.2) is 9.18 Å². The van der Waals surface area contributed by atoms with Gasteiger partial charge in [-0.05, 0) is 68.4 Å². The normalized spacial score (nSPS) is 31.0. The van der Waals surface area contributed by atoms with Crippen molar-refractivity contribution in [2.24, 2.45) is 23.7 Å². The van der Waals surface area contributed by atoms with Gasteiger partial charge in [-0.3, -0.25) is 10.1 Å². The Bertz CT molecular complexity index is 727. The lowest BCUT2D eigenvalue weighted by atomic mass is 9.53. The quantitative estimate of drug-likeness (QED) is 0.684. The van der Waals surface area contributed by atoms with Crippen molar-refractivity contribution in [2.45, 2.75) is 64.0 Å². The van der Waals surface area contributed by atoms with Gasteiger partial charge in [0.2, 0.25) is 0 Å². The molecule has 0 radical (unpaired) electrons. The van der Waals surface area contributed by atoms with Gasteiger partial charge in [0, 0.05) is 17.0 Å². The van der Waals surface area contributed by atoms with E-state index in [2.05, 4.69) is 24.5 Å². The summed E-state index contributed by atoms with van der Waals surface area (Å²) < 4.78 is 13.2. The van der Waals surface area contributed by atoms with Gasteiger partial charge in [0.05, 0.1) is 0 Å². The van der Waals surface area contributed by atoms with E-state index in [1.165, 1.54) is 31.4 Å². The van der Waals surface area contributed by atoms with Crippen molar-refractivity contribution in [2.75, 3.05) is 6.54 Å². The third-order valence-corrected chi connectivity index (χ3v) is 7.20. The molecule has 1 aromatic rings. The molecule has 0 heterocycles. The first-order valence-corrected chi connectivity index (χ1v) is 11.0. The van der Waals surface area contributed by atoms with Crippen LogP contribution in [-0.4, -0.2) is 24.0 Å². The van der Waals surface area contributed by atoms with Gasteiger partial charge in [-0.2, -0.15) is 0 Å². The summed E-state index contributed by atoms with van der Waals surface area (Å²) in [5.74, 6) is 1.94. The molecule has 0 aromatic heterocycles. The summed E-state index contributed by atoms with van der Waals surface area (Å²) in [6.07, 6.45) is 7.13. The maximum absolute atomic E-state index is 13.2. The molecule has 158 valence electrons. The van der Waals surface area contributed by atoms with E-state index in [1.807, 2.05) is 5.32 Å². The molecule has 3 amide bonds. The lowest BCUT2D eigenvalue weighted by Crippen LogP contribution is -2.88. The first-order valence-electron chi connectivity index (χ1n) is 11.0. The molecule has 5 rings (SSSR count). The molecule has 4 fully saturated rings. The summed E-state index contributed by atoms with van der Waals surface area (Å²) in [7, 11) is 0. The van der Waals surface area contributed by atoms with E-state index < -0.39 is 0 Å². The Balaban J connectivity index is 1.29. The molecule has 4 aliphatic rings. The minimum absolute atomic E-state index is 0.0348. The second-order valence-corrected chi connectivity index (χ2v) is 9.96. The van der Waals surface area contributed by atoms with Crippen molar-refractivity contribution in [3.8, 4) is 0 Å². The first-order chi connectivity index (χ1) is 13.8. The Hall–Kier alpha value is -1.95. The highest BCUT2D eigenvalue weighted by molar-refractivity contribution is 5.95. The monoisotopic (exact) mass is 402 g/mol. The molecule has 4 aliphatic carbocycles. The van der Waals surface area contributed by atoms with Gasteiger partial charge in [-0.1, -0.05) is 26.0 Å². The summed E-state index contributed by atoms with van der Waals surface area (Å²) in [6.45, 7) is 4.30. The van der Waals surface area contributed by atoms with Crippen LogP contribution < -0.4 is 16.0 Å². The van der Waals surface area contributed by atoms with Crippen molar-refractivity contribution in [3.63, 3.8) is 0 Å². The fourth-order valence-corrected chi connectivity index (χ4v) is 6.43. The Morgan fingerprint density at radius 2 is 1.62 bits per heavy atom. The number of nitrogens with two attached hydrogens (primary N) is 1. The number of quaternary nitrogens is 1. The third kappa shape index (κ3) is 4.63. The largest absolute Gasteiger partial charge is 0.332 e.